The standard InChI is InChI=1S/C22H20ClNO5/c1-4-11-24-19(14-7-10-16(28-2)17(12-14)29-3)18(21(26)22(24)27)20(25)13-5-8-15(23)9-6-13/h4-10,12,19,25H,1,11H2,2-3H3/t19-/m0/s1. The SMILES string of the molecule is C=CCN1C(=O)C(=O)C(=C(O)c2ccc(Cl)cc2)[C@@H]1c1ccc(OC)c(OC)c1. The molecule has 1 heterocycles. The van der Waals surface area contributed by atoms with Crippen LogP contribution >= 0.6 is 11.6 Å². The van der Waals surface area contributed by atoms with Crippen molar-refractivity contribution in [2.45, 2.75) is 6.04 Å². The maximum atomic E-state index is 12.8. The zero-order valence-electron chi connectivity index (χ0n) is 16.0. The lowest BCUT2D eigenvalue weighted by Gasteiger charge is -2.24. The first kappa shape index (κ1) is 20.5. The molecular formula is C22H20ClNO5. The molecule has 2 aromatic carbocycles. The highest BCUT2D eigenvalue weighted by Crippen LogP contribution is 2.41. The van der Waals surface area contributed by atoms with Crippen LogP contribution in [-0.2, 0) is 9.59 Å². The van der Waals surface area contributed by atoms with Gasteiger partial charge < -0.3 is 19.5 Å². The maximum Gasteiger partial charge on any atom is 0.295 e. The van der Waals surface area contributed by atoms with Gasteiger partial charge in [0.15, 0.2) is 11.5 Å². The largest absolute Gasteiger partial charge is 0.507 e. The number of benzene rings is 2. The Morgan fingerprint density at radius 1 is 1.14 bits per heavy atom. The Kier molecular flexibility index (Phi) is 5.94. The Balaban J connectivity index is 2.21. The minimum Gasteiger partial charge on any atom is -0.507 e. The van der Waals surface area contributed by atoms with E-state index in [1.807, 2.05) is 0 Å². The van der Waals surface area contributed by atoms with Crippen LogP contribution in [0, 0.1) is 0 Å². The number of carbonyl (C=O) groups is 2. The van der Waals surface area contributed by atoms with Crippen LogP contribution in [0.25, 0.3) is 5.76 Å². The quantitative estimate of drug-likeness (QED) is 0.335. The van der Waals surface area contributed by atoms with Gasteiger partial charge in [0.2, 0.25) is 0 Å². The number of ketones is 1. The first-order valence-electron chi connectivity index (χ1n) is 8.80. The minimum absolute atomic E-state index is 0.00797. The summed E-state index contributed by atoms with van der Waals surface area (Å²) in [5.74, 6) is -0.791. The van der Waals surface area contributed by atoms with Gasteiger partial charge in [0.25, 0.3) is 11.7 Å². The van der Waals surface area contributed by atoms with E-state index in [-0.39, 0.29) is 17.9 Å². The fraction of sp³-hybridized carbons (Fsp3) is 0.182. The lowest BCUT2D eigenvalue weighted by Crippen LogP contribution is -2.29. The predicted octanol–water partition coefficient (Wildman–Crippen LogP) is 3.96. The molecule has 150 valence electrons. The molecule has 7 heteroatoms. The van der Waals surface area contributed by atoms with Crippen molar-refractivity contribution in [1.29, 1.82) is 0 Å². The van der Waals surface area contributed by atoms with Crippen LogP contribution in [0.3, 0.4) is 0 Å². The highest BCUT2D eigenvalue weighted by atomic mass is 35.5. The van der Waals surface area contributed by atoms with Crippen LogP contribution in [0.15, 0.2) is 60.7 Å². The summed E-state index contributed by atoms with van der Waals surface area (Å²) in [5.41, 5.74) is 0.974. The third kappa shape index (κ3) is 3.71. The molecule has 2 aromatic rings. The van der Waals surface area contributed by atoms with Gasteiger partial charge in [0.1, 0.15) is 5.76 Å². The highest BCUT2D eigenvalue weighted by molar-refractivity contribution is 6.46. The van der Waals surface area contributed by atoms with Crippen molar-refractivity contribution in [3.8, 4) is 11.5 Å². The van der Waals surface area contributed by atoms with Crippen molar-refractivity contribution in [2.24, 2.45) is 0 Å². The van der Waals surface area contributed by atoms with E-state index in [4.69, 9.17) is 21.1 Å². The topological polar surface area (TPSA) is 76.1 Å². The number of carbonyl (C=O) groups excluding carboxylic acids is 2. The van der Waals surface area contributed by atoms with Crippen LogP contribution in [-0.4, -0.2) is 42.5 Å². The molecule has 0 unspecified atom stereocenters. The van der Waals surface area contributed by atoms with Gasteiger partial charge in [-0.15, -0.1) is 6.58 Å². The number of aliphatic hydroxyl groups excluding tert-OH is 1. The Morgan fingerprint density at radius 3 is 2.38 bits per heavy atom. The number of Topliss-reactive ketones (excluding diaryl/α,β-unsaturated/α-hetero) is 1. The molecule has 1 N–H and O–H groups in total. The maximum absolute atomic E-state index is 12.8. The van der Waals surface area contributed by atoms with Crippen LogP contribution in [0.2, 0.25) is 5.02 Å². The van der Waals surface area contributed by atoms with Crippen molar-refractivity contribution >= 4 is 29.1 Å². The van der Waals surface area contributed by atoms with Crippen LogP contribution < -0.4 is 9.47 Å². The Labute approximate surface area is 173 Å². The molecule has 0 spiro atoms. The molecule has 1 fully saturated rings. The van der Waals surface area contributed by atoms with Crippen molar-refractivity contribution < 1.29 is 24.2 Å². The summed E-state index contributed by atoms with van der Waals surface area (Å²) in [7, 11) is 3.01. The average Bonchev–Trinajstić information content (AvgIpc) is 2.98. The molecule has 0 saturated carbocycles. The van der Waals surface area contributed by atoms with Gasteiger partial charge in [-0.1, -0.05) is 23.7 Å². The monoisotopic (exact) mass is 413 g/mol. The first-order chi connectivity index (χ1) is 13.9. The van der Waals surface area contributed by atoms with E-state index in [0.29, 0.717) is 27.6 Å². The zero-order valence-corrected chi connectivity index (χ0v) is 16.8. The van der Waals surface area contributed by atoms with E-state index in [9.17, 15) is 14.7 Å². The van der Waals surface area contributed by atoms with Crippen LogP contribution in [0.5, 0.6) is 11.5 Å². The second-order valence-electron chi connectivity index (χ2n) is 6.36. The number of ether oxygens (including phenoxy) is 2. The molecule has 1 saturated heterocycles. The number of hydrogen-bond acceptors (Lipinski definition) is 5. The van der Waals surface area contributed by atoms with Gasteiger partial charge >= 0.3 is 0 Å². The van der Waals surface area contributed by atoms with Crippen molar-refractivity contribution in [3.63, 3.8) is 0 Å². The van der Waals surface area contributed by atoms with Crippen molar-refractivity contribution in [1.82, 2.24) is 4.90 Å². The summed E-state index contributed by atoms with van der Waals surface area (Å²) in [4.78, 5) is 26.8. The highest BCUT2D eigenvalue weighted by Gasteiger charge is 2.45. The fourth-order valence-electron chi connectivity index (χ4n) is 3.34. The number of methoxy groups -OCH3 is 2. The molecule has 1 aliphatic rings. The third-order valence-electron chi connectivity index (χ3n) is 4.71. The molecule has 0 aromatic heterocycles. The van der Waals surface area contributed by atoms with Crippen molar-refractivity contribution in [3.05, 3.63) is 76.8 Å². The van der Waals surface area contributed by atoms with E-state index in [2.05, 4.69) is 6.58 Å². The molecule has 1 aliphatic heterocycles. The molecule has 6 nitrogen and oxygen atoms in total. The molecule has 0 radical (unpaired) electrons. The number of rotatable bonds is 6. The van der Waals surface area contributed by atoms with Crippen LogP contribution in [0.4, 0.5) is 0 Å². The number of halogens is 1. The number of amides is 1. The van der Waals surface area contributed by atoms with Gasteiger partial charge in [-0.05, 0) is 42.0 Å². The second-order valence-corrected chi connectivity index (χ2v) is 6.80. The number of likely N-dealkylation sites (tertiary alicyclic amines) is 1. The Hall–Kier alpha value is -3.25. The normalized spacial score (nSPS) is 18.0. The summed E-state index contributed by atoms with van der Waals surface area (Å²) >= 11 is 5.91. The molecule has 0 bridgehead atoms. The predicted molar refractivity (Wildman–Crippen MR) is 110 cm³/mol. The summed E-state index contributed by atoms with van der Waals surface area (Å²) in [6.07, 6.45) is 1.53. The molecule has 3 rings (SSSR count). The molecule has 1 atom stereocenters. The first-order valence-corrected chi connectivity index (χ1v) is 9.17. The summed E-state index contributed by atoms with van der Waals surface area (Å²) in [6, 6.07) is 10.7. The van der Waals surface area contributed by atoms with E-state index in [1.54, 1.807) is 42.5 Å². The van der Waals surface area contributed by atoms with Crippen LogP contribution in [0.1, 0.15) is 17.2 Å². The Morgan fingerprint density at radius 2 is 1.79 bits per heavy atom. The van der Waals surface area contributed by atoms with Gasteiger partial charge in [-0.3, -0.25) is 9.59 Å². The van der Waals surface area contributed by atoms with Gasteiger partial charge in [0, 0.05) is 17.1 Å². The van der Waals surface area contributed by atoms with E-state index < -0.39 is 17.7 Å². The average molecular weight is 414 g/mol. The second kappa shape index (κ2) is 8.41. The minimum atomic E-state index is -0.802. The van der Waals surface area contributed by atoms with E-state index >= 15 is 0 Å². The van der Waals surface area contributed by atoms with Gasteiger partial charge in [0.05, 0.1) is 25.8 Å². The van der Waals surface area contributed by atoms with Gasteiger partial charge in [-0.25, -0.2) is 0 Å². The van der Waals surface area contributed by atoms with E-state index in [1.165, 1.54) is 25.2 Å². The molecule has 1 amide bonds. The zero-order chi connectivity index (χ0) is 21.1. The van der Waals surface area contributed by atoms with E-state index in [0.717, 1.165) is 0 Å². The lowest BCUT2D eigenvalue weighted by atomic mass is 9.95. The van der Waals surface area contributed by atoms with Crippen molar-refractivity contribution in [2.75, 3.05) is 20.8 Å². The smallest absolute Gasteiger partial charge is 0.295 e. The fourth-order valence-corrected chi connectivity index (χ4v) is 3.47. The third-order valence-corrected chi connectivity index (χ3v) is 4.96. The summed E-state index contributed by atoms with van der Waals surface area (Å²) in [5, 5.41) is 11.4. The summed E-state index contributed by atoms with van der Waals surface area (Å²) < 4.78 is 10.6. The summed E-state index contributed by atoms with van der Waals surface area (Å²) in [6.45, 7) is 3.81. The molecule has 29 heavy (non-hydrogen) atoms. The van der Waals surface area contributed by atoms with Gasteiger partial charge in [-0.2, -0.15) is 0 Å². The Bertz CT molecular complexity index is 997. The number of hydrogen-bond donors (Lipinski definition) is 1. The molecular weight excluding hydrogens is 394 g/mol. The molecule has 0 aliphatic carbocycles. The lowest BCUT2D eigenvalue weighted by molar-refractivity contribution is -0.139. The number of aliphatic hydroxyl groups is 1. The number of nitrogens with zero attached hydrogens (tertiary/aromatic N) is 1.